The van der Waals surface area contributed by atoms with Gasteiger partial charge in [-0.2, -0.15) is 0 Å². The first kappa shape index (κ1) is 13.6. The molecule has 0 bridgehead atoms. The number of β-amino-alcohol motifs (C(OH)–C–C–N with tert-alkyl or cyclic N) is 1. The fourth-order valence-corrected chi connectivity index (χ4v) is 2.36. The molecule has 0 saturated carbocycles. The van der Waals surface area contributed by atoms with Gasteiger partial charge in [0.2, 0.25) is 0 Å². The quantitative estimate of drug-likeness (QED) is 0.868. The number of carbonyl (C=O) groups is 1. The SMILES string of the molecule is Cc1ccc(-n2cnnc2)cc1NC(=O)N1CC[C@@H](O)C1. The number of likely N-dealkylation sites (tertiary alicyclic amines) is 1. The monoisotopic (exact) mass is 287 g/mol. The maximum absolute atomic E-state index is 12.2. The summed E-state index contributed by atoms with van der Waals surface area (Å²) in [6.07, 6.45) is 3.42. The molecule has 2 amide bonds. The van der Waals surface area contributed by atoms with E-state index in [-0.39, 0.29) is 6.03 Å². The maximum Gasteiger partial charge on any atom is 0.321 e. The molecule has 1 aliphatic heterocycles. The second kappa shape index (κ2) is 5.53. The Morgan fingerprint density at radius 2 is 2.14 bits per heavy atom. The minimum atomic E-state index is -0.416. The summed E-state index contributed by atoms with van der Waals surface area (Å²) in [5.74, 6) is 0. The topological polar surface area (TPSA) is 83.3 Å². The molecule has 2 heterocycles. The highest BCUT2D eigenvalue weighted by Gasteiger charge is 2.24. The molecule has 1 atom stereocenters. The van der Waals surface area contributed by atoms with Gasteiger partial charge in [-0.25, -0.2) is 4.79 Å². The van der Waals surface area contributed by atoms with Crippen molar-refractivity contribution in [3.05, 3.63) is 36.4 Å². The highest BCUT2D eigenvalue weighted by Crippen LogP contribution is 2.20. The number of aromatic nitrogens is 3. The van der Waals surface area contributed by atoms with E-state index in [1.807, 2.05) is 25.1 Å². The standard InChI is InChI=1S/C14H17N5O2/c1-10-2-3-11(19-8-15-16-9-19)6-13(10)17-14(21)18-5-4-12(20)7-18/h2-3,6,8-9,12,20H,4-5,7H2,1H3,(H,17,21)/t12-/m1/s1. The number of urea groups is 1. The normalized spacial score (nSPS) is 18.0. The van der Waals surface area contributed by atoms with E-state index in [4.69, 9.17) is 0 Å². The van der Waals surface area contributed by atoms with E-state index >= 15 is 0 Å². The lowest BCUT2D eigenvalue weighted by Gasteiger charge is -2.18. The van der Waals surface area contributed by atoms with E-state index in [9.17, 15) is 9.90 Å². The number of nitrogens with zero attached hydrogens (tertiary/aromatic N) is 4. The zero-order valence-electron chi connectivity index (χ0n) is 11.7. The first-order chi connectivity index (χ1) is 10.1. The number of anilines is 1. The Labute approximate surface area is 122 Å². The van der Waals surface area contributed by atoms with Crippen molar-refractivity contribution in [3.8, 4) is 5.69 Å². The number of aliphatic hydroxyl groups is 1. The van der Waals surface area contributed by atoms with Crippen LogP contribution >= 0.6 is 0 Å². The fourth-order valence-electron chi connectivity index (χ4n) is 2.36. The molecule has 110 valence electrons. The number of hydrogen-bond acceptors (Lipinski definition) is 4. The average molecular weight is 287 g/mol. The number of hydrogen-bond donors (Lipinski definition) is 2. The first-order valence-corrected chi connectivity index (χ1v) is 6.83. The minimum Gasteiger partial charge on any atom is -0.391 e. The number of aliphatic hydroxyl groups excluding tert-OH is 1. The highest BCUT2D eigenvalue weighted by molar-refractivity contribution is 5.90. The van der Waals surface area contributed by atoms with Gasteiger partial charge in [-0.3, -0.25) is 4.57 Å². The number of benzene rings is 1. The zero-order chi connectivity index (χ0) is 14.8. The number of aryl methyl sites for hydroxylation is 1. The van der Waals surface area contributed by atoms with Crippen LogP contribution in [0.15, 0.2) is 30.9 Å². The molecule has 0 unspecified atom stereocenters. The van der Waals surface area contributed by atoms with Crippen molar-refractivity contribution in [1.82, 2.24) is 19.7 Å². The van der Waals surface area contributed by atoms with Gasteiger partial charge in [0.05, 0.1) is 11.8 Å². The molecule has 1 saturated heterocycles. The lowest BCUT2D eigenvalue weighted by atomic mass is 10.2. The molecule has 3 rings (SSSR count). The Kier molecular flexibility index (Phi) is 3.57. The summed E-state index contributed by atoms with van der Waals surface area (Å²) in [7, 11) is 0. The average Bonchev–Trinajstić information content (AvgIpc) is 3.12. The Balaban J connectivity index is 1.78. The molecule has 21 heavy (non-hydrogen) atoms. The number of rotatable bonds is 2. The van der Waals surface area contributed by atoms with Gasteiger partial charge in [0, 0.05) is 18.8 Å². The van der Waals surface area contributed by atoms with E-state index in [0.29, 0.717) is 19.5 Å². The molecule has 7 heteroatoms. The van der Waals surface area contributed by atoms with Gasteiger partial charge in [0.1, 0.15) is 12.7 Å². The summed E-state index contributed by atoms with van der Waals surface area (Å²) >= 11 is 0. The lowest BCUT2D eigenvalue weighted by Crippen LogP contribution is -2.33. The van der Waals surface area contributed by atoms with Gasteiger partial charge in [-0.1, -0.05) is 6.07 Å². The second-order valence-corrected chi connectivity index (χ2v) is 5.19. The van der Waals surface area contributed by atoms with Gasteiger partial charge < -0.3 is 15.3 Å². The summed E-state index contributed by atoms with van der Waals surface area (Å²) in [4.78, 5) is 13.8. The minimum absolute atomic E-state index is 0.185. The molecule has 0 radical (unpaired) electrons. The van der Waals surface area contributed by atoms with Gasteiger partial charge in [0.25, 0.3) is 0 Å². The van der Waals surface area contributed by atoms with Gasteiger partial charge in [-0.05, 0) is 31.0 Å². The van der Waals surface area contributed by atoms with Gasteiger partial charge in [0.15, 0.2) is 0 Å². The summed E-state index contributed by atoms with van der Waals surface area (Å²) in [5.41, 5.74) is 2.59. The molecule has 1 aliphatic rings. The molecule has 1 aromatic carbocycles. The molecular formula is C14H17N5O2. The summed E-state index contributed by atoms with van der Waals surface area (Å²) in [6.45, 7) is 2.90. The summed E-state index contributed by atoms with van der Waals surface area (Å²) < 4.78 is 1.77. The Morgan fingerprint density at radius 1 is 1.38 bits per heavy atom. The molecule has 2 N–H and O–H groups in total. The van der Waals surface area contributed by atoms with Crippen molar-refractivity contribution in [2.45, 2.75) is 19.4 Å². The fraction of sp³-hybridized carbons (Fsp3) is 0.357. The van der Waals surface area contributed by atoms with E-state index in [1.165, 1.54) is 0 Å². The molecule has 7 nitrogen and oxygen atoms in total. The molecule has 0 spiro atoms. The van der Waals surface area contributed by atoms with Crippen LogP contribution in [0.25, 0.3) is 5.69 Å². The van der Waals surface area contributed by atoms with Gasteiger partial charge in [-0.15, -0.1) is 10.2 Å². The van der Waals surface area contributed by atoms with Crippen LogP contribution in [0, 0.1) is 6.92 Å². The Hall–Kier alpha value is -2.41. The third-order valence-electron chi connectivity index (χ3n) is 3.63. The van der Waals surface area contributed by atoms with Crippen LogP contribution in [0.4, 0.5) is 10.5 Å². The van der Waals surface area contributed by atoms with Crippen molar-refractivity contribution in [2.24, 2.45) is 0 Å². The summed E-state index contributed by atoms with van der Waals surface area (Å²) in [5, 5.41) is 19.9. The van der Waals surface area contributed by atoms with Crippen LogP contribution in [0.3, 0.4) is 0 Å². The van der Waals surface area contributed by atoms with Crippen molar-refractivity contribution in [1.29, 1.82) is 0 Å². The zero-order valence-corrected chi connectivity index (χ0v) is 11.7. The number of amides is 2. The van der Waals surface area contributed by atoms with Gasteiger partial charge >= 0.3 is 6.03 Å². The van der Waals surface area contributed by atoms with Crippen molar-refractivity contribution in [3.63, 3.8) is 0 Å². The Morgan fingerprint density at radius 3 is 2.81 bits per heavy atom. The summed E-state index contributed by atoms with van der Waals surface area (Å²) in [6, 6.07) is 5.57. The maximum atomic E-state index is 12.2. The van der Waals surface area contributed by atoms with E-state index in [1.54, 1.807) is 22.1 Å². The number of nitrogens with one attached hydrogen (secondary N) is 1. The largest absolute Gasteiger partial charge is 0.391 e. The molecular weight excluding hydrogens is 270 g/mol. The Bertz CT molecular complexity index is 641. The van der Waals surface area contributed by atoms with Crippen LogP contribution in [0.5, 0.6) is 0 Å². The second-order valence-electron chi connectivity index (χ2n) is 5.19. The lowest BCUT2D eigenvalue weighted by molar-refractivity contribution is 0.176. The smallest absolute Gasteiger partial charge is 0.321 e. The van der Waals surface area contributed by atoms with E-state index in [0.717, 1.165) is 16.9 Å². The van der Waals surface area contributed by atoms with Crippen LogP contribution in [-0.2, 0) is 0 Å². The molecule has 0 aliphatic carbocycles. The third kappa shape index (κ3) is 2.87. The van der Waals surface area contributed by atoms with Crippen LogP contribution in [-0.4, -0.2) is 50.0 Å². The molecule has 2 aromatic rings. The van der Waals surface area contributed by atoms with Crippen molar-refractivity contribution < 1.29 is 9.90 Å². The van der Waals surface area contributed by atoms with Crippen LogP contribution < -0.4 is 5.32 Å². The highest BCUT2D eigenvalue weighted by atomic mass is 16.3. The predicted octanol–water partition coefficient (Wildman–Crippen LogP) is 1.17. The molecule has 1 aromatic heterocycles. The van der Waals surface area contributed by atoms with E-state index < -0.39 is 6.10 Å². The number of carbonyl (C=O) groups excluding carboxylic acids is 1. The molecule has 1 fully saturated rings. The first-order valence-electron chi connectivity index (χ1n) is 6.83. The van der Waals surface area contributed by atoms with Crippen LogP contribution in [0.1, 0.15) is 12.0 Å². The predicted molar refractivity (Wildman–Crippen MR) is 77.3 cm³/mol. The van der Waals surface area contributed by atoms with Crippen LogP contribution in [0.2, 0.25) is 0 Å². The van der Waals surface area contributed by atoms with E-state index in [2.05, 4.69) is 15.5 Å². The third-order valence-corrected chi connectivity index (χ3v) is 3.63. The van der Waals surface area contributed by atoms with Crippen molar-refractivity contribution in [2.75, 3.05) is 18.4 Å². The van der Waals surface area contributed by atoms with Crippen molar-refractivity contribution >= 4 is 11.7 Å².